The largest absolute Gasteiger partial charge is 0.463 e. The third kappa shape index (κ3) is 28.3. The molecule has 0 spiro atoms. The minimum Gasteiger partial charge on any atom is -0.463 e. The van der Waals surface area contributed by atoms with E-state index in [1.807, 2.05) is 24.3 Å². The number of ether oxygens (including phenoxy) is 2. The monoisotopic (exact) mass is 731 g/mol. The van der Waals surface area contributed by atoms with E-state index in [4.69, 9.17) is 9.47 Å². The quantitative estimate of drug-likeness (QED) is 0.0375. The van der Waals surface area contributed by atoms with Gasteiger partial charge in [-0.3, -0.25) is 14.4 Å². The second-order valence-electron chi connectivity index (χ2n) is 15.1. The van der Waals surface area contributed by atoms with Crippen LogP contribution in [-0.4, -0.2) is 53.4 Å². The van der Waals surface area contributed by atoms with Gasteiger partial charge in [0.25, 0.3) is 0 Å². The van der Waals surface area contributed by atoms with Gasteiger partial charge < -0.3 is 19.7 Å². The van der Waals surface area contributed by atoms with E-state index in [1.54, 1.807) is 12.2 Å². The van der Waals surface area contributed by atoms with Gasteiger partial charge in [0, 0.05) is 18.8 Å². The van der Waals surface area contributed by atoms with Gasteiger partial charge in [0.05, 0.1) is 6.10 Å². The van der Waals surface area contributed by atoms with Gasteiger partial charge in [-0.05, 0) is 44.1 Å². The molecule has 0 saturated carbocycles. The highest BCUT2D eigenvalue weighted by Crippen LogP contribution is 2.27. The first-order chi connectivity index (χ1) is 25.4. The Kier molecular flexibility index (Phi) is 31.7. The van der Waals surface area contributed by atoms with Crippen molar-refractivity contribution in [2.45, 2.75) is 206 Å². The third-order valence-corrected chi connectivity index (χ3v) is 10.1. The number of unbranched alkanes of at least 4 members (excludes halogenated alkanes) is 21. The first kappa shape index (κ1) is 47.8. The molecule has 1 rings (SSSR count). The highest BCUT2D eigenvalue weighted by atomic mass is 16.6. The summed E-state index contributed by atoms with van der Waals surface area (Å²) < 4.78 is 10.3. The molecule has 300 valence electrons. The Morgan fingerprint density at radius 2 is 1.12 bits per heavy atom. The molecule has 52 heavy (non-hydrogen) atoms. The van der Waals surface area contributed by atoms with Gasteiger partial charge in [-0.25, -0.2) is 0 Å². The lowest BCUT2D eigenvalue weighted by Crippen LogP contribution is -2.25. The normalized spacial score (nSPS) is 17.0. The number of hydrogen-bond acceptors (Lipinski definition) is 7. The average Bonchev–Trinajstić information content (AvgIpc) is 3.49. The number of rotatable bonds is 36. The number of carbonyl (C=O) groups excluding carboxylic acids is 3. The molecule has 0 unspecified atom stereocenters. The van der Waals surface area contributed by atoms with E-state index < -0.39 is 12.2 Å². The number of hydrogen-bond donors (Lipinski definition) is 2. The van der Waals surface area contributed by atoms with Crippen LogP contribution in [0.25, 0.3) is 0 Å². The van der Waals surface area contributed by atoms with E-state index in [0.29, 0.717) is 19.3 Å². The van der Waals surface area contributed by atoms with Crippen molar-refractivity contribution in [3.63, 3.8) is 0 Å². The van der Waals surface area contributed by atoms with Crippen molar-refractivity contribution in [3.05, 3.63) is 36.5 Å². The van der Waals surface area contributed by atoms with Crippen molar-refractivity contribution in [2.75, 3.05) is 13.2 Å². The SMILES string of the molecule is CCCCCCCCCCCCCCCCCCCCCC(=O)OC[C@H](O)COC(=O)CCC/C=C\C[C@H]1C=CC(=O)[C@@H]1/C=C/[C@@H](O)CCCCC. The van der Waals surface area contributed by atoms with E-state index in [1.165, 1.54) is 103 Å². The minimum atomic E-state index is -1.03. The first-order valence-corrected chi connectivity index (χ1v) is 21.6. The fourth-order valence-corrected chi connectivity index (χ4v) is 6.72. The van der Waals surface area contributed by atoms with E-state index >= 15 is 0 Å². The molecule has 0 heterocycles. The second-order valence-corrected chi connectivity index (χ2v) is 15.1. The summed E-state index contributed by atoms with van der Waals surface area (Å²) in [5.74, 6) is -0.781. The predicted molar refractivity (Wildman–Crippen MR) is 214 cm³/mol. The van der Waals surface area contributed by atoms with Crippen LogP contribution < -0.4 is 0 Å². The summed E-state index contributed by atoms with van der Waals surface area (Å²) >= 11 is 0. The highest BCUT2D eigenvalue weighted by Gasteiger charge is 2.27. The van der Waals surface area contributed by atoms with E-state index in [-0.39, 0.29) is 49.2 Å². The fraction of sp³-hybridized carbons (Fsp3) is 0.800. The summed E-state index contributed by atoms with van der Waals surface area (Å²) in [7, 11) is 0. The van der Waals surface area contributed by atoms with Crippen molar-refractivity contribution >= 4 is 17.7 Å². The molecule has 4 atom stereocenters. The number of aliphatic hydroxyl groups is 2. The maximum absolute atomic E-state index is 12.3. The summed E-state index contributed by atoms with van der Waals surface area (Å²) in [4.78, 5) is 36.4. The minimum absolute atomic E-state index is 0.0750. The number of carbonyl (C=O) groups is 3. The average molecular weight is 731 g/mol. The van der Waals surface area contributed by atoms with Crippen LogP contribution in [0.2, 0.25) is 0 Å². The molecular formula is C45H78O7. The molecule has 1 aliphatic rings. The van der Waals surface area contributed by atoms with Crippen LogP contribution in [0.15, 0.2) is 36.5 Å². The summed E-state index contributed by atoms with van der Waals surface area (Å²) in [6, 6.07) is 0. The number of aliphatic hydroxyl groups excluding tert-OH is 2. The topological polar surface area (TPSA) is 110 Å². The smallest absolute Gasteiger partial charge is 0.305 e. The van der Waals surface area contributed by atoms with Crippen molar-refractivity contribution in [3.8, 4) is 0 Å². The molecule has 2 N–H and O–H groups in total. The van der Waals surface area contributed by atoms with Crippen LogP contribution in [0, 0.1) is 11.8 Å². The van der Waals surface area contributed by atoms with Gasteiger partial charge in [0.1, 0.15) is 19.3 Å². The molecule has 7 heteroatoms. The Morgan fingerprint density at radius 1 is 0.654 bits per heavy atom. The fourth-order valence-electron chi connectivity index (χ4n) is 6.72. The van der Waals surface area contributed by atoms with E-state index in [0.717, 1.165) is 51.4 Å². The molecule has 1 aliphatic carbocycles. The van der Waals surface area contributed by atoms with Crippen LogP contribution in [-0.2, 0) is 23.9 Å². The predicted octanol–water partition coefficient (Wildman–Crippen LogP) is 11.2. The van der Waals surface area contributed by atoms with Gasteiger partial charge in [-0.2, -0.15) is 0 Å². The van der Waals surface area contributed by atoms with Gasteiger partial charge in [-0.15, -0.1) is 0 Å². The van der Waals surface area contributed by atoms with Crippen LogP contribution >= 0.6 is 0 Å². The standard InChI is InChI=1S/C45H78O7/c1-3-5-7-8-9-10-11-12-13-14-15-16-17-18-19-20-21-22-27-31-44(49)51-37-41(47)38-52-45(50)32-28-24-23-26-29-39-33-36-43(48)42(39)35-34-40(46)30-25-6-4-2/h23,26,33-36,39-42,46-47H,3-22,24-25,27-32,37-38H2,1-2H3/b26-23-,35-34+/t39-,40-,41-,42+/m0/s1. The Bertz CT molecular complexity index is 971. The molecule has 0 saturated heterocycles. The lowest BCUT2D eigenvalue weighted by Gasteiger charge is -2.13. The second kappa shape index (κ2) is 34.5. The maximum atomic E-state index is 12.3. The Hall–Kier alpha value is -2.25. The van der Waals surface area contributed by atoms with Gasteiger partial charge in [0.2, 0.25) is 0 Å². The summed E-state index contributed by atoms with van der Waals surface area (Å²) in [6.45, 7) is 4.05. The third-order valence-electron chi connectivity index (χ3n) is 10.1. The zero-order chi connectivity index (χ0) is 37.9. The van der Waals surface area contributed by atoms with Crippen LogP contribution in [0.4, 0.5) is 0 Å². The molecule has 0 aromatic heterocycles. The molecule has 0 aliphatic heterocycles. The molecule has 0 fully saturated rings. The van der Waals surface area contributed by atoms with Gasteiger partial charge in [0.15, 0.2) is 5.78 Å². The van der Waals surface area contributed by atoms with Crippen molar-refractivity contribution in [2.24, 2.45) is 11.8 Å². The first-order valence-electron chi connectivity index (χ1n) is 21.6. The summed E-state index contributed by atoms with van der Waals surface area (Å²) in [5.41, 5.74) is 0. The zero-order valence-electron chi connectivity index (χ0n) is 33.4. The molecule has 0 radical (unpaired) electrons. The van der Waals surface area contributed by atoms with Crippen LogP contribution in [0.5, 0.6) is 0 Å². The Labute approximate surface area is 318 Å². The molecule has 0 amide bonds. The lowest BCUT2D eigenvalue weighted by molar-refractivity contribution is -0.152. The van der Waals surface area contributed by atoms with Crippen molar-refractivity contribution < 1.29 is 34.1 Å². The van der Waals surface area contributed by atoms with Gasteiger partial charge in [-0.1, -0.05) is 179 Å². The number of allylic oxidation sites excluding steroid dienone is 5. The molecular weight excluding hydrogens is 652 g/mol. The molecule has 0 bridgehead atoms. The van der Waals surface area contributed by atoms with Crippen molar-refractivity contribution in [1.82, 2.24) is 0 Å². The highest BCUT2D eigenvalue weighted by molar-refractivity contribution is 5.95. The lowest BCUT2D eigenvalue weighted by atomic mass is 9.90. The Morgan fingerprint density at radius 3 is 1.63 bits per heavy atom. The van der Waals surface area contributed by atoms with Gasteiger partial charge >= 0.3 is 11.9 Å². The summed E-state index contributed by atoms with van der Waals surface area (Å²) in [5, 5.41) is 20.2. The molecule has 7 nitrogen and oxygen atoms in total. The molecule has 0 aromatic carbocycles. The van der Waals surface area contributed by atoms with Crippen molar-refractivity contribution in [1.29, 1.82) is 0 Å². The van der Waals surface area contributed by atoms with Crippen LogP contribution in [0.1, 0.15) is 194 Å². The number of esters is 2. The maximum Gasteiger partial charge on any atom is 0.305 e. The van der Waals surface area contributed by atoms with E-state index in [2.05, 4.69) is 13.8 Å². The zero-order valence-corrected chi connectivity index (χ0v) is 33.4. The number of ketones is 1. The molecule has 0 aromatic rings. The Balaban J connectivity index is 1.94. The van der Waals surface area contributed by atoms with E-state index in [9.17, 15) is 24.6 Å². The summed E-state index contributed by atoms with van der Waals surface area (Å²) in [6.07, 6.45) is 41.1. The van der Waals surface area contributed by atoms with Crippen LogP contribution in [0.3, 0.4) is 0 Å².